The van der Waals surface area contributed by atoms with Gasteiger partial charge in [-0.3, -0.25) is 4.79 Å². The second-order valence-corrected chi connectivity index (χ2v) is 6.35. The Kier molecular flexibility index (Phi) is 4.38. The number of carbonyl (C=O) groups is 1. The summed E-state index contributed by atoms with van der Waals surface area (Å²) in [6.07, 6.45) is 3.92. The molecule has 22 heavy (non-hydrogen) atoms. The average molecular weight is 319 g/mol. The number of carbonyl (C=O) groups excluding carboxylic acids is 1. The predicted octanol–water partition coefficient (Wildman–Crippen LogP) is 2.99. The molecule has 1 atom stereocenters. The van der Waals surface area contributed by atoms with Crippen LogP contribution in [0.15, 0.2) is 29.8 Å². The molecule has 1 fully saturated rings. The van der Waals surface area contributed by atoms with E-state index in [-0.39, 0.29) is 17.8 Å². The summed E-state index contributed by atoms with van der Waals surface area (Å²) in [5, 5.41) is 5.86. The van der Waals surface area contributed by atoms with Crippen molar-refractivity contribution >= 4 is 22.4 Å². The van der Waals surface area contributed by atoms with Crippen LogP contribution in [0.1, 0.15) is 28.8 Å². The fourth-order valence-electron chi connectivity index (χ4n) is 2.70. The van der Waals surface area contributed by atoms with E-state index in [0.717, 1.165) is 24.5 Å². The fourth-order valence-corrected chi connectivity index (χ4v) is 3.45. The topological polar surface area (TPSA) is 45.2 Å². The van der Waals surface area contributed by atoms with Crippen molar-refractivity contribution in [3.05, 3.63) is 46.7 Å². The summed E-state index contributed by atoms with van der Waals surface area (Å²) in [7, 11) is 0. The van der Waals surface area contributed by atoms with Crippen LogP contribution < -0.4 is 10.2 Å². The zero-order valence-corrected chi connectivity index (χ0v) is 13.2. The number of hydrogen-bond donors (Lipinski definition) is 1. The monoisotopic (exact) mass is 319 g/mol. The number of rotatable bonds is 4. The number of hydrogen-bond acceptors (Lipinski definition) is 4. The maximum Gasteiger partial charge on any atom is 0.251 e. The Hall–Kier alpha value is -1.95. The smallest absolute Gasteiger partial charge is 0.251 e. The predicted molar refractivity (Wildman–Crippen MR) is 86.0 cm³/mol. The second-order valence-electron chi connectivity index (χ2n) is 5.48. The standard InChI is InChI=1S/C16H18FN3OS/c1-11-4-5-12(9-14(11)17)15(21)19-10-13-3-2-7-20(13)16-18-6-8-22-16/h4-6,8-9,13H,2-3,7,10H2,1H3,(H,19,21). The van der Waals surface area contributed by atoms with E-state index in [2.05, 4.69) is 15.2 Å². The Morgan fingerprint density at radius 3 is 3.14 bits per heavy atom. The summed E-state index contributed by atoms with van der Waals surface area (Å²) in [5.74, 6) is -0.581. The second kappa shape index (κ2) is 6.44. The van der Waals surface area contributed by atoms with Crippen molar-refractivity contribution in [2.45, 2.75) is 25.8 Å². The van der Waals surface area contributed by atoms with Gasteiger partial charge in [0.1, 0.15) is 5.82 Å². The molecule has 6 heteroatoms. The van der Waals surface area contributed by atoms with E-state index in [1.54, 1.807) is 36.6 Å². The highest BCUT2D eigenvalue weighted by Crippen LogP contribution is 2.26. The SMILES string of the molecule is Cc1ccc(C(=O)NCC2CCCN2c2nccs2)cc1F. The van der Waals surface area contributed by atoms with E-state index in [4.69, 9.17) is 0 Å². The van der Waals surface area contributed by atoms with Gasteiger partial charge in [0.2, 0.25) is 0 Å². The number of aromatic nitrogens is 1. The van der Waals surface area contributed by atoms with Crippen molar-refractivity contribution < 1.29 is 9.18 Å². The van der Waals surface area contributed by atoms with Crippen LogP contribution >= 0.6 is 11.3 Å². The van der Waals surface area contributed by atoms with Crippen LogP contribution in [0.2, 0.25) is 0 Å². The molecule has 2 heterocycles. The molecule has 4 nitrogen and oxygen atoms in total. The summed E-state index contributed by atoms with van der Waals surface area (Å²) >= 11 is 1.61. The highest BCUT2D eigenvalue weighted by atomic mass is 32.1. The molecule has 116 valence electrons. The Morgan fingerprint density at radius 1 is 1.55 bits per heavy atom. The van der Waals surface area contributed by atoms with Gasteiger partial charge in [-0.15, -0.1) is 11.3 Å². The molecule has 1 aromatic carbocycles. The van der Waals surface area contributed by atoms with Crippen molar-refractivity contribution in [3.63, 3.8) is 0 Å². The van der Waals surface area contributed by atoms with Crippen LogP contribution in [-0.2, 0) is 0 Å². The lowest BCUT2D eigenvalue weighted by Crippen LogP contribution is -2.40. The normalized spacial score (nSPS) is 17.7. The van der Waals surface area contributed by atoms with Crippen LogP contribution in [-0.4, -0.2) is 30.0 Å². The molecule has 0 radical (unpaired) electrons. The van der Waals surface area contributed by atoms with Gasteiger partial charge in [0.05, 0.1) is 0 Å². The first kappa shape index (κ1) is 15.0. The van der Waals surface area contributed by atoms with Crippen LogP contribution in [0.5, 0.6) is 0 Å². The third kappa shape index (κ3) is 3.11. The van der Waals surface area contributed by atoms with E-state index in [9.17, 15) is 9.18 Å². The van der Waals surface area contributed by atoms with Crippen molar-refractivity contribution in [2.24, 2.45) is 0 Å². The van der Waals surface area contributed by atoms with E-state index in [1.165, 1.54) is 6.07 Å². The van der Waals surface area contributed by atoms with Crippen molar-refractivity contribution in [1.82, 2.24) is 10.3 Å². The van der Waals surface area contributed by atoms with Gasteiger partial charge in [-0.2, -0.15) is 0 Å². The minimum Gasteiger partial charge on any atom is -0.350 e. The molecular weight excluding hydrogens is 301 g/mol. The Morgan fingerprint density at radius 2 is 2.41 bits per heavy atom. The van der Waals surface area contributed by atoms with Gasteiger partial charge in [-0.25, -0.2) is 9.37 Å². The third-order valence-electron chi connectivity index (χ3n) is 3.97. The molecule has 2 aromatic rings. The third-order valence-corrected chi connectivity index (χ3v) is 4.78. The lowest BCUT2D eigenvalue weighted by atomic mass is 10.1. The molecule has 0 spiro atoms. The summed E-state index contributed by atoms with van der Waals surface area (Å²) in [4.78, 5) is 18.7. The van der Waals surface area contributed by atoms with Gasteiger partial charge in [0, 0.05) is 36.3 Å². The van der Waals surface area contributed by atoms with Gasteiger partial charge in [-0.1, -0.05) is 6.07 Å². The number of thiazole rings is 1. The van der Waals surface area contributed by atoms with Crippen LogP contribution in [0.3, 0.4) is 0 Å². The fraction of sp³-hybridized carbons (Fsp3) is 0.375. The largest absolute Gasteiger partial charge is 0.350 e. The summed E-state index contributed by atoms with van der Waals surface area (Å²) < 4.78 is 13.5. The first-order chi connectivity index (χ1) is 10.6. The number of anilines is 1. The zero-order chi connectivity index (χ0) is 15.5. The molecule has 1 aliphatic heterocycles. The van der Waals surface area contributed by atoms with Gasteiger partial charge >= 0.3 is 0 Å². The highest BCUT2D eigenvalue weighted by molar-refractivity contribution is 7.13. The van der Waals surface area contributed by atoms with Crippen LogP contribution in [0.25, 0.3) is 0 Å². The van der Waals surface area contributed by atoms with Crippen molar-refractivity contribution in [3.8, 4) is 0 Å². The van der Waals surface area contributed by atoms with E-state index in [1.807, 2.05) is 5.38 Å². The molecule has 1 unspecified atom stereocenters. The van der Waals surface area contributed by atoms with E-state index >= 15 is 0 Å². The number of aryl methyl sites for hydroxylation is 1. The van der Waals surface area contributed by atoms with Crippen molar-refractivity contribution in [1.29, 1.82) is 0 Å². The molecule has 1 amide bonds. The molecule has 0 saturated carbocycles. The summed E-state index contributed by atoms with van der Waals surface area (Å²) in [6.45, 7) is 3.20. The Labute approximate surface area is 133 Å². The van der Waals surface area contributed by atoms with Crippen LogP contribution in [0, 0.1) is 12.7 Å². The number of amides is 1. The number of halogens is 1. The van der Waals surface area contributed by atoms with Crippen molar-refractivity contribution in [2.75, 3.05) is 18.0 Å². The average Bonchev–Trinajstić information content (AvgIpc) is 3.17. The summed E-state index contributed by atoms with van der Waals surface area (Å²) in [5.41, 5.74) is 0.907. The lowest BCUT2D eigenvalue weighted by molar-refractivity contribution is 0.0951. The Bertz CT molecular complexity index is 659. The first-order valence-corrected chi connectivity index (χ1v) is 8.23. The van der Waals surface area contributed by atoms with Gasteiger partial charge < -0.3 is 10.2 Å². The Balaban J connectivity index is 1.61. The molecule has 1 aliphatic rings. The first-order valence-electron chi connectivity index (χ1n) is 7.35. The van der Waals surface area contributed by atoms with Gasteiger partial charge in [-0.05, 0) is 37.5 Å². The zero-order valence-electron chi connectivity index (χ0n) is 12.4. The maximum absolute atomic E-state index is 13.5. The quantitative estimate of drug-likeness (QED) is 0.942. The lowest BCUT2D eigenvalue weighted by Gasteiger charge is -2.24. The van der Waals surface area contributed by atoms with Gasteiger partial charge in [0.25, 0.3) is 5.91 Å². The molecular formula is C16H18FN3OS. The number of nitrogens with one attached hydrogen (secondary N) is 1. The van der Waals surface area contributed by atoms with Crippen LogP contribution in [0.4, 0.5) is 9.52 Å². The van der Waals surface area contributed by atoms with Gasteiger partial charge in [0.15, 0.2) is 5.13 Å². The molecule has 1 aromatic heterocycles. The van der Waals surface area contributed by atoms with E-state index < -0.39 is 0 Å². The highest BCUT2D eigenvalue weighted by Gasteiger charge is 2.26. The molecule has 0 bridgehead atoms. The minimum absolute atomic E-state index is 0.232. The molecule has 3 rings (SSSR count). The van der Waals surface area contributed by atoms with E-state index in [0.29, 0.717) is 17.7 Å². The molecule has 1 saturated heterocycles. The molecule has 0 aliphatic carbocycles. The maximum atomic E-state index is 13.5. The summed E-state index contributed by atoms with van der Waals surface area (Å²) in [6, 6.07) is 4.83. The number of nitrogens with zero attached hydrogens (tertiary/aromatic N) is 2. The minimum atomic E-state index is -0.349. The number of benzene rings is 1. The molecule has 1 N–H and O–H groups in total.